The van der Waals surface area contributed by atoms with Crippen LogP contribution in [0.25, 0.3) is 11.0 Å². The summed E-state index contributed by atoms with van der Waals surface area (Å²) in [4.78, 5) is 24.3. The van der Waals surface area contributed by atoms with Crippen molar-refractivity contribution in [1.29, 1.82) is 0 Å². The van der Waals surface area contributed by atoms with Gasteiger partial charge in [-0.3, -0.25) is 10.1 Å². The maximum absolute atomic E-state index is 14.5. The molecule has 32 heavy (non-hydrogen) atoms. The fourth-order valence-electron chi connectivity index (χ4n) is 3.84. The highest BCUT2D eigenvalue weighted by atomic mass is 19.4. The summed E-state index contributed by atoms with van der Waals surface area (Å²) in [7, 11) is 1.74. The Balaban J connectivity index is 1.57. The van der Waals surface area contributed by atoms with Gasteiger partial charge in [0.25, 0.3) is 5.69 Å². The number of benzene rings is 1. The molecule has 13 heteroatoms. The number of nitro groups is 1. The zero-order valence-electron chi connectivity index (χ0n) is 17.1. The summed E-state index contributed by atoms with van der Waals surface area (Å²) >= 11 is 0. The number of anilines is 2. The number of imidazole rings is 1. The molecule has 3 aromatic rings. The number of rotatable bonds is 4. The topological polar surface area (TPSA) is 102 Å². The predicted molar refractivity (Wildman–Crippen MR) is 108 cm³/mol. The second-order valence-corrected chi connectivity index (χ2v) is 7.73. The van der Waals surface area contributed by atoms with Gasteiger partial charge in [-0.2, -0.15) is 13.2 Å². The fraction of sp³-hybridized carbons (Fsp3) is 0.421. The fourth-order valence-corrected chi connectivity index (χ4v) is 3.84. The monoisotopic (exact) mass is 453 g/mol. The number of nitrogens with zero attached hydrogens (tertiary/aromatic N) is 6. The standard InChI is InChI=1S/C19H19F4N7O2/c1-10-3-16-14(5-15(10)30(31)32)27-18(28(16)2)29-8-12(20)4-13(9-29)26-17-24-6-11(7-25-17)19(21,22)23/h3,5-7,12-13H,4,8-9H2,1-2H3,(H,24,25,26)/t12-,13-/m1/s1. The lowest BCUT2D eigenvalue weighted by Gasteiger charge is -2.35. The number of fused-ring (bicyclic) bond motifs is 1. The van der Waals surface area contributed by atoms with E-state index >= 15 is 0 Å². The summed E-state index contributed by atoms with van der Waals surface area (Å²) in [5, 5.41) is 14.1. The average molecular weight is 453 g/mol. The molecule has 0 bridgehead atoms. The minimum Gasteiger partial charge on any atom is -0.350 e. The first kappa shape index (κ1) is 21.7. The van der Waals surface area contributed by atoms with Gasteiger partial charge in [0, 0.05) is 50.1 Å². The number of piperidine rings is 1. The van der Waals surface area contributed by atoms with Crippen LogP contribution < -0.4 is 10.2 Å². The molecular formula is C19H19F4N7O2. The van der Waals surface area contributed by atoms with Gasteiger partial charge < -0.3 is 14.8 Å². The van der Waals surface area contributed by atoms with Gasteiger partial charge in [0.05, 0.1) is 28.1 Å². The van der Waals surface area contributed by atoms with Gasteiger partial charge in [0.15, 0.2) is 0 Å². The van der Waals surface area contributed by atoms with E-state index in [4.69, 9.17) is 0 Å². The predicted octanol–water partition coefficient (Wildman–Crippen LogP) is 3.63. The van der Waals surface area contributed by atoms with Gasteiger partial charge >= 0.3 is 6.18 Å². The van der Waals surface area contributed by atoms with Crippen LogP contribution in [0.4, 0.5) is 35.1 Å². The van der Waals surface area contributed by atoms with E-state index in [1.54, 1.807) is 29.5 Å². The first-order valence-electron chi connectivity index (χ1n) is 9.69. The highest BCUT2D eigenvalue weighted by Crippen LogP contribution is 2.31. The maximum atomic E-state index is 14.5. The van der Waals surface area contributed by atoms with E-state index in [-0.39, 0.29) is 24.6 Å². The van der Waals surface area contributed by atoms with Crippen molar-refractivity contribution < 1.29 is 22.5 Å². The molecule has 1 aliphatic heterocycles. The zero-order valence-corrected chi connectivity index (χ0v) is 17.1. The Morgan fingerprint density at radius 3 is 2.53 bits per heavy atom. The highest BCUT2D eigenvalue weighted by molar-refractivity contribution is 5.82. The van der Waals surface area contributed by atoms with E-state index in [1.165, 1.54) is 6.07 Å². The molecule has 0 radical (unpaired) electrons. The van der Waals surface area contributed by atoms with E-state index in [9.17, 15) is 27.7 Å². The molecule has 1 N–H and O–H groups in total. The van der Waals surface area contributed by atoms with Crippen molar-refractivity contribution in [2.24, 2.45) is 7.05 Å². The lowest BCUT2D eigenvalue weighted by Crippen LogP contribution is -2.48. The van der Waals surface area contributed by atoms with Crippen LogP contribution in [-0.4, -0.2) is 49.7 Å². The number of halogens is 4. The molecule has 1 aromatic carbocycles. The summed E-state index contributed by atoms with van der Waals surface area (Å²) in [5.74, 6) is 0.399. The molecular weight excluding hydrogens is 434 g/mol. The number of nitrogens with one attached hydrogen (secondary N) is 1. The SMILES string of the molecule is Cc1cc2c(cc1[N+](=O)[O-])nc(N1C[C@H](F)C[C@@H](Nc3ncc(C(F)(F)F)cn3)C1)n2C. The minimum absolute atomic E-state index is 0.0340. The molecule has 3 heterocycles. The normalized spacial score (nSPS) is 19.4. The number of nitro benzene ring substituents is 1. The average Bonchev–Trinajstić information content (AvgIpc) is 3.02. The van der Waals surface area contributed by atoms with Crippen molar-refractivity contribution in [2.45, 2.75) is 31.7 Å². The van der Waals surface area contributed by atoms with Gasteiger partial charge in [-0.05, 0) is 13.0 Å². The summed E-state index contributed by atoms with van der Waals surface area (Å²) in [6, 6.07) is 2.56. The Bertz CT molecular complexity index is 1160. The van der Waals surface area contributed by atoms with E-state index in [0.717, 1.165) is 0 Å². The number of hydrogen-bond acceptors (Lipinski definition) is 7. The number of aromatic nitrogens is 4. The van der Waals surface area contributed by atoms with E-state index < -0.39 is 28.9 Å². The van der Waals surface area contributed by atoms with Crippen molar-refractivity contribution in [3.05, 3.63) is 45.8 Å². The molecule has 170 valence electrons. The first-order chi connectivity index (χ1) is 15.0. The van der Waals surface area contributed by atoms with E-state index in [2.05, 4.69) is 20.3 Å². The van der Waals surface area contributed by atoms with Crippen molar-refractivity contribution in [3.8, 4) is 0 Å². The molecule has 4 rings (SSSR count). The molecule has 0 saturated carbocycles. The Kier molecular flexibility index (Phi) is 5.34. The molecule has 1 fully saturated rings. The zero-order chi connectivity index (χ0) is 23.2. The third-order valence-electron chi connectivity index (χ3n) is 5.37. The van der Waals surface area contributed by atoms with Crippen LogP contribution >= 0.6 is 0 Å². The quantitative estimate of drug-likeness (QED) is 0.366. The van der Waals surface area contributed by atoms with Gasteiger partial charge in [0.2, 0.25) is 11.9 Å². The van der Waals surface area contributed by atoms with Crippen molar-refractivity contribution in [3.63, 3.8) is 0 Å². The van der Waals surface area contributed by atoms with E-state index in [1.807, 2.05) is 0 Å². The maximum Gasteiger partial charge on any atom is 0.419 e. The Morgan fingerprint density at radius 1 is 1.22 bits per heavy atom. The second-order valence-electron chi connectivity index (χ2n) is 7.73. The summed E-state index contributed by atoms with van der Waals surface area (Å²) in [6.07, 6.45) is -4.31. The molecule has 0 unspecified atom stereocenters. The summed E-state index contributed by atoms with van der Waals surface area (Å²) in [5.41, 5.74) is 0.540. The van der Waals surface area contributed by atoms with E-state index in [0.29, 0.717) is 41.5 Å². The van der Waals surface area contributed by atoms with Crippen molar-refractivity contribution in [1.82, 2.24) is 19.5 Å². The lowest BCUT2D eigenvalue weighted by atomic mass is 10.0. The number of alkyl halides is 4. The van der Waals surface area contributed by atoms with Crippen LogP contribution in [0.1, 0.15) is 17.5 Å². The van der Waals surface area contributed by atoms with Crippen LogP contribution in [0.15, 0.2) is 24.5 Å². The second kappa shape index (κ2) is 7.88. The Morgan fingerprint density at radius 2 is 1.91 bits per heavy atom. The van der Waals surface area contributed by atoms with Gasteiger partial charge in [-0.15, -0.1) is 0 Å². The minimum atomic E-state index is -4.54. The highest BCUT2D eigenvalue weighted by Gasteiger charge is 2.33. The van der Waals surface area contributed by atoms with Crippen LogP contribution in [0.5, 0.6) is 0 Å². The largest absolute Gasteiger partial charge is 0.419 e. The molecule has 0 aliphatic carbocycles. The number of aryl methyl sites for hydroxylation is 2. The summed E-state index contributed by atoms with van der Waals surface area (Å²) in [6.45, 7) is 1.99. The molecule has 9 nitrogen and oxygen atoms in total. The van der Waals surface area contributed by atoms with Crippen LogP contribution in [-0.2, 0) is 13.2 Å². The lowest BCUT2D eigenvalue weighted by molar-refractivity contribution is -0.385. The smallest absolute Gasteiger partial charge is 0.350 e. The van der Waals surface area contributed by atoms with Crippen molar-refractivity contribution >= 4 is 28.6 Å². The molecule has 2 atom stereocenters. The number of hydrogen-bond donors (Lipinski definition) is 1. The molecule has 0 amide bonds. The Labute approximate surface area is 179 Å². The van der Waals surface area contributed by atoms with Crippen molar-refractivity contribution in [2.75, 3.05) is 23.3 Å². The van der Waals surface area contributed by atoms with Crippen LogP contribution in [0, 0.1) is 17.0 Å². The third-order valence-corrected chi connectivity index (χ3v) is 5.37. The third kappa shape index (κ3) is 4.14. The molecule has 1 aliphatic rings. The Hall–Kier alpha value is -3.51. The van der Waals surface area contributed by atoms with Crippen LogP contribution in [0.3, 0.4) is 0 Å². The molecule has 2 aromatic heterocycles. The molecule has 1 saturated heterocycles. The molecule has 0 spiro atoms. The van der Waals surface area contributed by atoms with Gasteiger partial charge in [-0.1, -0.05) is 0 Å². The van der Waals surface area contributed by atoms with Gasteiger partial charge in [-0.25, -0.2) is 19.3 Å². The van der Waals surface area contributed by atoms with Crippen LogP contribution in [0.2, 0.25) is 0 Å². The van der Waals surface area contributed by atoms with Gasteiger partial charge in [0.1, 0.15) is 6.17 Å². The first-order valence-corrected chi connectivity index (χ1v) is 9.69. The summed E-state index contributed by atoms with van der Waals surface area (Å²) < 4.78 is 54.3.